The topological polar surface area (TPSA) is 23.6 Å². The van der Waals surface area contributed by atoms with Gasteiger partial charge in [-0.1, -0.05) is 6.92 Å². The van der Waals surface area contributed by atoms with E-state index in [1.54, 1.807) is 4.90 Å². The summed E-state index contributed by atoms with van der Waals surface area (Å²) < 4.78 is 37.4. The van der Waals surface area contributed by atoms with Gasteiger partial charge in [-0.2, -0.15) is 13.2 Å². The van der Waals surface area contributed by atoms with Crippen LogP contribution in [0.15, 0.2) is 0 Å². The minimum absolute atomic E-state index is 0.196. The van der Waals surface area contributed by atoms with Crippen molar-refractivity contribution in [3.8, 4) is 0 Å². The lowest BCUT2D eigenvalue weighted by molar-refractivity contribution is -0.142. The van der Waals surface area contributed by atoms with Crippen LogP contribution in [-0.2, 0) is 0 Å². The number of amides is 2. The summed E-state index contributed by atoms with van der Waals surface area (Å²) in [7, 11) is 0. The zero-order valence-electron chi connectivity index (χ0n) is 10.5. The van der Waals surface area contributed by atoms with Gasteiger partial charge in [-0.3, -0.25) is 0 Å². The zero-order valence-corrected chi connectivity index (χ0v) is 10.5. The number of rotatable bonds is 2. The van der Waals surface area contributed by atoms with Crippen molar-refractivity contribution in [2.75, 3.05) is 19.6 Å². The number of halogens is 3. The quantitative estimate of drug-likeness (QED) is 0.752. The number of carbonyl (C=O) groups excluding carboxylic acids is 1. The highest BCUT2D eigenvalue weighted by Gasteiger charge is 2.42. The molecule has 0 N–H and O–H groups in total. The van der Waals surface area contributed by atoms with Gasteiger partial charge in [0.05, 0.1) is 0 Å². The molecule has 0 atom stereocenters. The molecule has 0 bridgehead atoms. The molecule has 3 nitrogen and oxygen atoms in total. The highest BCUT2D eigenvalue weighted by Crippen LogP contribution is 2.31. The van der Waals surface area contributed by atoms with Gasteiger partial charge in [-0.25, -0.2) is 4.79 Å². The number of hydrogen-bond donors (Lipinski definition) is 0. The van der Waals surface area contributed by atoms with E-state index in [-0.39, 0.29) is 6.04 Å². The van der Waals surface area contributed by atoms with E-state index < -0.39 is 18.8 Å². The summed E-state index contributed by atoms with van der Waals surface area (Å²) in [6.07, 6.45) is -1.13. The summed E-state index contributed by atoms with van der Waals surface area (Å²) in [5.74, 6) is 0.561. The zero-order chi connectivity index (χ0) is 13.3. The summed E-state index contributed by atoms with van der Waals surface area (Å²) in [6, 6.07) is -0.625. The van der Waals surface area contributed by atoms with E-state index in [0.29, 0.717) is 31.8 Å². The van der Waals surface area contributed by atoms with Crippen molar-refractivity contribution in [2.45, 2.75) is 44.8 Å². The van der Waals surface area contributed by atoms with Crippen molar-refractivity contribution in [1.82, 2.24) is 9.80 Å². The highest BCUT2D eigenvalue weighted by molar-refractivity contribution is 5.75. The molecule has 1 saturated heterocycles. The Morgan fingerprint density at radius 1 is 1.22 bits per heavy atom. The number of alkyl halides is 3. The molecule has 1 heterocycles. The van der Waals surface area contributed by atoms with Crippen molar-refractivity contribution in [1.29, 1.82) is 0 Å². The van der Waals surface area contributed by atoms with Crippen LogP contribution in [0.5, 0.6) is 0 Å². The SMILES string of the molecule is CC1CCN(C(=O)N(CC(F)(F)F)C2CC2)CC1. The molecule has 1 aliphatic heterocycles. The summed E-state index contributed by atoms with van der Waals surface area (Å²) in [4.78, 5) is 14.7. The number of piperidine rings is 1. The van der Waals surface area contributed by atoms with E-state index >= 15 is 0 Å². The van der Waals surface area contributed by atoms with E-state index in [2.05, 4.69) is 6.92 Å². The molecular formula is C12H19F3N2O. The first-order valence-corrected chi connectivity index (χ1v) is 6.49. The molecule has 0 aromatic rings. The molecule has 2 aliphatic rings. The Hall–Kier alpha value is -0.940. The molecule has 0 spiro atoms. The van der Waals surface area contributed by atoms with Crippen LogP contribution in [-0.4, -0.2) is 47.7 Å². The first-order valence-electron chi connectivity index (χ1n) is 6.49. The maximum Gasteiger partial charge on any atom is 0.406 e. The number of carbonyl (C=O) groups is 1. The van der Waals surface area contributed by atoms with Gasteiger partial charge in [-0.05, 0) is 31.6 Å². The molecular weight excluding hydrogens is 245 g/mol. The summed E-state index contributed by atoms with van der Waals surface area (Å²) in [6.45, 7) is 2.17. The number of urea groups is 1. The van der Waals surface area contributed by atoms with Crippen LogP contribution in [0.25, 0.3) is 0 Å². The van der Waals surface area contributed by atoms with Crippen LogP contribution in [0.4, 0.5) is 18.0 Å². The first-order chi connectivity index (χ1) is 8.37. The minimum atomic E-state index is -4.30. The summed E-state index contributed by atoms with van der Waals surface area (Å²) in [5.41, 5.74) is 0. The fraction of sp³-hybridized carbons (Fsp3) is 0.917. The molecule has 1 aliphatic carbocycles. The van der Waals surface area contributed by atoms with E-state index in [0.717, 1.165) is 17.7 Å². The maximum absolute atomic E-state index is 12.5. The maximum atomic E-state index is 12.5. The van der Waals surface area contributed by atoms with Crippen LogP contribution >= 0.6 is 0 Å². The van der Waals surface area contributed by atoms with E-state index in [9.17, 15) is 18.0 Å². The van der Waals surface area contributed by atoms with E-state index in [4.69, 9.17) is 0 Å². The average molecular weight is 264 g/mol. The first kappa shape index (κ1) is 13.5. The van der Waals surface area contributed by atoms with Crippen LogP contribution in [0.3, 0.4) is 0 Å². The smallest absolute Gasteiger partial charge is 0.325 e. The third-order valence-corrected chi connectivity index (χ3v) is 3.64. The Labute approximate surface area is 105 Å². The number of likely N-dealkylation sites (tertiary alicyclic amines) is 1. The van der Waals surface area contributed by atoms with Crippen molar-refractivity contribution < 1.29 is 18.0 Å². The molecule has 0 aromatic heterocycles. The second-order valence-corrected chi connectivity index (χ2v) is 5.43. The summed E-state index contributed by atoms with van der Waals surface area (Å²) in [5, 5.41) is 0. The lowest BCUT2D eigenvalue weighted by atomic mass is 9.99. The van der Waals surface area contributed by atoms with Crippen LogP contribution in [0, 0.1) is 5.92 Å². The molecule has 2 rings (SSSR count). The lowest BCUT2D eigenvalue weighted by Gasteiger charge is -2.35. The van der Waals surface area contributed by atoms with Crippen molar-refractivity contribution >= 4 is 6.03 Å². The monoisotopic (exact) mass is 264 g/mol. The van der Waals surface area contributed by atoms with Gasteiger partial charge >= 0.3 is 12.2 Å². The van der Waals surface area contributed by atoms with Gasteiger partial charge in [0.25, 0.3) is 0 Å². The van der Waals surface area contributed by atoms with E-state index in [1.165, 1.54) is 0 Å². The second-order valence-electron chi connectivity index (χ2n) is 5.43. The predicted octanol–water partition coefficient (Wildman–Crippen LogP) is 2.87. The Morgan fingerprint density at radius 2 is 1.78 bits per heavy atom. The van der Waals surface area contributed by atoms with E-state index in [1.807, 2.05) is 0 Å². The molecule has 0 aromatic carbocycles. The minimum Gasteiger partial charge on any atom is -0.325 e. The van der Waals surface area contributed by atoms with Gasteiger partial charge in [-0.15, -0.1) is 0 Å². The number of hydrogen-bond acceptors (Lipinski definition) is 1. The molecule has 0 unspecified atom stereocenters. The van der Waals surface area contributed by atoms with Gasteiger partial charge in [0.2, 0.25) is 0 Å². The summed E-state index contributed by atoms with van der Waals surface area (Å²) >= 11 is 0. The molecule has 0 radical (unpaired) electrons. The Morgan fingerprint density at radius 3 is 2.22 bits per heavy atom. The van der Waals surface area contributed by atoms with Gasteiger partial charge in [0.15, 0.2) is 0 Å². The van der Waals surface area contributed by atoms with Gasteiger partial charge in [0.1, 0.15) is 6.54 Å². The van der Waals surface area contributed by atoms with Crippen molar-refractivity contribution in [2.24, 2.45) is 5.92 Å². The van der Waals surface area contributed by atoms with Gasteiger partial charge < -0.3 is 9.80 Å². The van der Waals surface area contributed by atoms with Crippen molar-refractivity contribution in [3.63, 3.8) is 0 Å². The Balaban J connectivity index is 1.95. The highest BCUT2D eigenvalue weighted by atomic mass is 19.4. The largest absolute Gasteiger partial charge is 0.406 e. The Bertz CT molecular complexity index is 307. The molecule has 104 valence electrons. The molecule has 1 saturated carbocycles. The third-order valence-electron chi connectivity index (χ3n) is 3.64. The van der Waals surface area contributed by atoms with Crippen LogP contribution in [0.2, 0.25) is 0 Å². The van der Waals surface area contributed by atoms with Crippen molar-refractivity contribution in [3.05, 3.63) is 0 Å². The third kappa shape index (κ3) is 3.53. The normalized spacial score (nSPS) is 22.1. The van der Waals surface area contributed by atoms with Crippen LogP contribution in [0.1, 0.15) is 32.6 Å². The molecule has 18 heavy (non-hydrogen) atoms. The Kier molecular flexibility index (Phi) is 3.73. The predicted molar refractivity (Wildman–Crippen MR) is 61.2 cm³/mol. The second kappa shape index (κ2) is 4.97. The molecule has 6 heteroatoms. The fourth-order valence-electron chi connectivity index (χ4n) is 2.31. The lowest BCUT2D eigenvalue weighted by Crippen LogP contribution is -2.50. The average Bonchev–Trinajstić information content (AvgIpc) is 3.08. The standard InChI is InChI=1S/C12H19F3N2O/c1-9-4-6-16(7-5-9)11(18)17(10-2-3-10)8-12(13,14)15/h9-10H,2-8H2,1H3. The van der Waals surface area contributed by atoms with Crippen LogP contribution < -0.4 is 0 Å². The van der Waals surface area contributed by atoms with Gasteiger partial charge in [0, 0.05) is 19.1 Å². The number of nitrogens with zero attached hydrogens (tertiary/aromatic N) is 2. The molecule has 2 fully saturated rings. The fourth-order valence-corrected chi connectivity index (χ4v) is 2.31. The molecule has 2 amide bonds.